The highest BCUT2D eigenvalue weighted by Gasteiger charge is 2.30. The molecule has 5 nitrogen and oxygen atoms in total. The van der Waals surface area contributed by atoms with E-state index in [0.717, 1.165) is 11.1 Å². The minimum absolute atomic E-state index is 0.0403. The van der Waals surface area contributed by atoms with Crippen LogP contribution in [0.5, 0.6) is 0 Å². The molecule has 0 spiro atoms. The SMILES string of the molecule is CC(C(=O)NC(c1ccccc1)c1ccccc1)N1CCC(C(=O)O)CC1. The Morgan fingerprint density at radius 3 is 1.89 bits per heavy atom. The first-order chi connectivity index (χ1) is 13.1. The Labute approximate surface area is 160 Å². The van der Waals surface area contributed by atoms with Gasteiger partial charge in [-0.2, -0.15) is 0 Å². The van der Waals surface area contributed by atoms with Gasteiger partial charge in [0.15, 0.2) is 0 Å². The van der Waals surface area contributed by atoms with Gasteiger partial charge in [-0.25, -0.2) is 0 Å². The number of carbonyl (C=O) groups excluding carboxylic acids is 1. The number of carboxylic acids is 1. The number of hydrogen-bond acceptors (Lipinski definition) is 3. The number of rotatable bonds is 6. The fourth-order valence-electron chi connectivity index (χ4n) is 3.61. The van der Waals surface area contributed by atoms with Crippen molar-refractivity contribution < 1.29 is 14.7 Å². The summed E-state index contributed by atoms with van der Waals surface area (Å²) < 4.78 is 0. The van der Waals surface area contributed by atoms with Gasteiger partial charge < -0.3 is 10.4 Å². The van der Waals surface area contributed by atoms with Crippen molar-refractivity contribution in [1.29, 1.82) is 0 Å². The van der Waals surface area contributed by atoms with E-state index >= 15 is 0 Å². The normalized spacial score (nSPS) is 16.8. The molecule has 1 aliphatic heterocycles. The molecular formula is C22H26N2O3. The van der Waals surface area contributed by atoms with E-state index in [1.54, 1.807) is 0 Å². The summed E-state index contributed by atoms with van der Waals surface area (Å²) in [6.45, 7) is 3.16. The Balaban J connectivity index is 1.70. The van der Waals surface area contributed by atoms with E-state index in [2.05, 4.69) is 10.2 Å². The number of benzene rings is 2. The average Bonchev–Trinajstić information content (AvgIpc) is 2.72. The largest absolute Gasteiger partial charge is 0.481 e. The summed E-state index contributed by atoms with van der Waals surface area (Å²) in [5, 5.41) is 12.3. The van der Waals surface area contributed by atoms with Crippen LogP contribution in [0.2, 0.25) is 0 Å². The fraction of sp³-hybridized carbons (Fsp3) is 0.364. The van der Waals surface area contributed by atoms with Crippen LogP contribution in [0.25, 0.3) is 0 Å². The number of amides is 1. The molecule has 1 atom stereocenters. The van der Waals surface area contributed by atoms with Gasteiger partial charge in [-0.05, 0) is 44.0 Å². The number of carboxylic acid groups (broad SMARTS) is 1. The lowest BCUT2D eigenvalue weighted by molar-refractivity contribution is -0.143. The molecule has 0 saturated carbocycles. The monoisotopic (exact) mass is 366 g/mol. The van der Waals surface area contributed by atoms with Gasteiger partial charge in [0, 0.05) is 0 Å². The molecule has 0 aliphatic carbocycles. The van der Waals surface area contributed by atoms with Gasteiger partial charge in [0.05, 0.1) is 18.0 Å². The van der Waals surface area contributed by atoms with Crippen molar-refractivity contribution in [1.82, 2.24) is 10.2 Å². The lowest BCUT2D eigenvalue weighted by atomic mass is 9.95. The van der Waals surface area contributed by atoms with Crippen LogP contribution < -0.4 is 5.32 Å². The first-order valence-corrected chi connectivity index (χ1v) is 9.43. The summed E-state index contributed by atoms with van der Waals surface area (Å²) in [5.74, 6) is -1.07. The molecule has 5 heteroatoms. The van der Waals surface area contributed by atoms with Gasteiger partial charge in [-0.1, -0.05) is 60.7 Å². The summed E-state index contributed by atoms with van der Waals surface area (Å²) in [6, 6.07) is 19.4. The van der Waals surface area contributed by atoms with Crippen LogP contribution in [0.4, 0.5) is 0 Å². The third-order valence-electron chi connectivity index (χ3n) is 5.36. The Kier molecular flexibility index (Phi) is 6.24. The highest BCUT2D eigenvalue weighted by atomic mass is 16.4. The summed E-state index contributed by atoms with van der Waals surface area (Å²) in [7, 11) is 0. The molecule has 1 saturated heterocycles. The zero-order valence-electron chi connectivity index (χ0n) is 15.5. The zero-order chi connectivity index (χ0) is 19.2. The van der Waals surface area contributed by atoms with Crippen LogP contribution in [0, 0.1) is 5.92 Å². The maximum Gasteiger partial charge on any atom is 0.306 e. The van der Waals surface area contributed by atoms with Gasteiger partial charge >= 0.3 is 5.97 Å². The molecule has 1 fully saturated rings. The molecule has 142 valence electrons. The van der Waals surface area contributed by atoms with E-state index in [-0.39, 0.29) is 23.9 Å². The predicted molar refractivity (Wildman–Crippen MR) is 104 cm³/mol. The third kappa shape index (κ3) is 4.74. The number of hydrogen-bond donors (Lipinski definition) is 2. The van der Waals surface area contributed by atoms with E-state index in [0.29, 0.717) is 25.9 Å². The fourth-order valence-corrected chi connectivity index (χ4v) is 3.61. The van der Waals surface area contributed by atoms with E-state index in [1.807, 2.05) is 67.6 Å². The van der Waals surface area contributed by atoms with Crippen molar-refractivity contribution in [3.63, 3.8) is 0 Å². The second kappa shape index (κ2) is 8.82. The number of nitrogens with zero attached hydrogens (tertiary/aromatic N) is 1. The third-order valence-corrected chi connectivity index (χ3v) is 5.36. The van der Waals surface area contributed by atoms with Crippen molar-refractivity contribution in [3.05, 3.63) is 71.8 Å². The summed E-state index contributed by atoms with van der Waals surface area (Å²) in [5.41, 5.74) is 2.07. The Hall–Kier alpha value is -2.66. The summed E-state index contributed by atoms with van der Waals surface area (Å²) in [6.07, 6.45) is 1.18. The smallest absolute Gasteiger partial charge is 0.306 e. The van der Waals surface area contributed by atoms with Gasteiger partial charge in [0.25, 0.3) is 0 Å². The Bertz CT molecular complexity index is 716. The molecule has 1 heterocycles. The van der Waals surface area contributed by atoms with Crippen molar-refractivity contribution in [2.24, 2.45) is 5.92 Å². The molecule has 1 amide bonds. The maximum atomic E-state index is 12.9. The Morgan fingerprint density at radius 2 is 1.44 bits per heavy atom. The van der Waals surface area contributed by atoms with Crippen LogP contribution in [0.1, 0.15) is 36.9 Å². The van der Waals surface area contributed by atoms with E-state index < -0.39 is 5.97 Å². The van der Waals surface area contributed by atoms with Gasteiger partial charge in [0.1, 0.15) is 0 Å². The molecule has 2 N–H and O–H groups in total. The quantitative estimate of drug-likeness (QED) is 0.824. The molecule has 27 heavy (non-hydrogen) atoms. The first-order valence-electron chi connectivity index (χ1n) is 9.43. The molecule has 1 aliphatic rings. The predicted octanol–water partition coefficient (Wildman–Crippen LogP) is 3.08. The standard InChI is InChI=1S/C22H26N2O3/c1-16(24-14-12-19(13-15-24)22(26)27)21(25)23-20(17-8-4-2-5-9-17)18-10-6-3-7-11-18/h2-11,16,19-20H,12-15H2,1H3,(H,23,25)(H,26,27). The maximum absolute atomic E-state index is 12.9. The number of carbonyl (C=O) groups is 2. The number of likely N-dealkylation sites (tertiary alicyclic amines) is 1. The van der Waals surface area contributed by atoms with E-state index in [4.69, 9.17) is 5.11 Å². The molecule has 0 bridgehead atoms. The van der Waals surface area contributed by atoms with Crippen molar-refractivity contribution >= 4 is 11.9 Å². The van der Waals surface area contributed by atoms with Gasteiger partial charge in [-0.15, -0.1) is 0 Å². The second-order valence-corrected chi connectivity index (χ2v) is 7.09. The van der Waals surface area contributed by atoms with Gasteiger partial charge in [-0.3, -0.25) is 14.5 Å². The van der Waals surface area contributed by atoms with Gasteiger partial charge in [0.2, 0.25) is 5.91 Å². The number of aliphatic carboxylic acids is 1. The van der Waals surface area contributed by atoms with Crippen LogP contribution in [0.3, 0.4) is 0 Å². The Morgan fingerprint density at radius 1 is 0.963 bits per heavy atom. The average molecular weight is 366 g/mol. The summed E-state index contributed by atoms with van der Waals surface area (Å²) >= 11 is 0. The van der Waals surface area contributed by atoms with Crippen molar-refractivity contribution in [2.45, 2.75) is 31.8 Å². The molecule has 0 radical (unpaired) electrons. The van der Waals surface area contributed by atoms with Crippen LogP contribution in [-0.4, -0.2) is 41.0 Å². The highest BCUT2D eigenvalue weighted by molar-refractivity contribution is 5.82. The lowest BCUT2D eigenvalue weighted by Gasteiger charge is -2.34. The highest BCUT2D eigenvalue weighted by Crippen LogP contribution is 2.23. The second-order valence-electron chi connectivity index (χ2n) is 7.09. The minimum atomic E-state index is -0.736. The molecule has 0 aromatic heterocycles. The molecule has 1 unspecified atom stereocenters. The molecule has 3 rings (SSSR count). The zero-order valence-corrected chi connectivity index (χ0v) is 15.5. The number of piperidine rings is 1. The van der Waals surface area contributed by atoms with E-state index in [1.165, 1.54) is 0 Å². The number of nitrogens with one attached hydrogen (secondary N) is 1. The molecular weight excluding hydrogens is 340 g/mol. The topological polar surface area (TPSA) is 69.6 Å². The van der Waals surface area contributed by atoms with Crippen LogP contribution in [-0.2, 0) is 9.59 Å². The van der Waals surface area contributed by atoms with Crippen LogP contribution >= 0.6 is 0 Å². The van der Waals surface area contributed by atoms with Crippen LogP contribution in [0.15, 0.2) is 60.7 Å². The molecule has 2 aromatic carbocycles. The molecule has 2 aromatic rings. The minimum Gasteiger partial charge on any atom is -0.481 e. The van der Waals surface area contributed by atoms with Crippen molar-refractivity contribution in [3.8, 4) is 0 Å². The van der Waals surface area contributed by atoms with E-state index in [9.17, 15) is 9.59 Å². The lowest BCUT2D eigenvalue weighted by Crippen LogP contribution is -2.49. The first kappa shape index (κ1) is 19.1. The van der Waals surface area contributed by atoms with Crippen molar-refractivity contribution in [2.75, 3.05) is 13.1 Å². The summed E-state index contributed by atoms with van der Waals surface area (Å²) in [4.78, 5) is 26.1.